The van der Waals surface area contributed by atoms with Gasteiger partial charge in [-0.1, -0.05) is 18.2 Å². The summed E-state index contributed by atoms with van der Waals surface area (Å²) in [5, 5.41) is 2.84. The van der Waals surface area contributed by atoms with E-state index < -0.39 is 10.0 Å². The molecule has 0 fully saturated rings. The number of aryl methyl sites for hydroxylation is 3. The normalized spacial score (nSPS) is 11.4. The van der Waals surface area contributed by atoms with Gasteiger partial charge in [-0.05, 0) is 50.1 Å². The first-order chi connectivity index (χ1) is 12.3. The Balaban J connectivity index is 2.06. The molecule has 26 heavy (non-hydrogen) atoms. The van der Waals surface area contributed by atoms with E-state index in [0.717, 1.165) is 27.4 Å². The van der Waals surface area contributed by atoms with Crippen molar-refractivity contribution in [3.8, 4) is 17.0 Å². The molecule has 5 nitrogen and oxygen atoms in total. The van der Waals surface area contributed by atoms with Gasteiger partial charge in [-0.3, -0.25) is 4.72 Å². The summed E-state index contributed by atoms with van der Waals surface area (Å²) in [7, 11) is -2.35. The van der Waals surface area contributed by atoms with E-state index in [9.17, 15) is 8.42 Å². The van der Waals surface area contributed by atoms with Crippen molar-refractivity contribution in [2.24, 2.45) is 0 Å². The molecule has 3 rings (SSSR count). The fourth-order valence-electron chi connectivity index (χ4n) is 2.62. The third kappa shape index (κ3) is 3.59. The number of aromatic nitrogens is 1. The fourth-order valence-corrected chi connectivity index (χ4v) is 4.54. The van der Waals surface area contributed by atoms with Crippen LogP contribution in [0.5, 0.6) is 5.75 Å². The molecule has 0 amide bonds. The summed E-state index contributed by atoms with van der Waals surface area (Å²) in [4.78, 5) is 4.58. The molecule has 0 saturated carbocycles. The molecule has 3 aromatic rings. The third-order valence-electron chi connectivity index (χ3n) is 4.14. The summed E-state index contributed by atoms with van der Waals surface area (Å²) in [6, 6.07) is 10.6. The van der Waals surface area contributed by atoms with Crippen LogP contribution < -0.4 is 9.46 Å². The predicted molar refractivity (Wildman–Crippen MR) is 106 cm³/mol. The van der Waals surface area contributed by atoms with Gasteiger partial charge in [0.1, 0.15) is 10.6 Å². The lowest BCUT2D eigenvalue weighted by Gasteiger charge is -2.15. The van der Waals surface area contributed by atoms with Crippen molar-refractivity contribution in [2.45, 2.75) is 25.7 Å². The SMILES string of the molecule is COc1cc(C)c(C)cc1S(=O)(=O)Nc1ccccc1-c1csc(C)n1. The first-order valence-electron chi connectivity index (χ1n) is 8.01. The Labute approximate surface area is 157 Å². The fraction of sp³-hybridized carbons (Fsp3) is 0.211. The molecule has 1 N–H and O–H groups in total. The van der Waals surface area contributed by atoms with Crippen LogP contribution in [0.3, 0.4) is 0 Å². The molecule has 0 aliphatic rings. The molecule has 0 aliphatic heterocycles. The van der Waals surface area contributed by atoms with Crippen molar-refractivity contribution in [3.05, 3.63) is 57.9 Å². The number of benzene rings is 2. The number of ether oxygens (including phenoxy) is 1. The Morgan fingerprint density at radius 2 is 1.77 bits per heavy atom. The molecule has 1 aromatic heterocycles. The zero-order valence-electron chi connectivity index (χ0n) is 15.0. The molecular weight excluding hydrogens is 368 g/mol. The maximum absolute atomic E-state index is 13.0. The van der Waals surface area contributed by atoms with Crippen LogP contribution >= 0.6 is 11.3 Å². The largest absolute Gasteiger partial charge is 0.495 e. The van der Waals surface area contributed by atoms with E-state index in [1.54, 1.807) is 24.3 Å². The van der Waals surface area contributed by atoms with Crippen LogP contribution in [0.15, 0.2) is 46.7 Å². The van der Waals surface area contributed by atoms with Gasteiger partial charge in [-0.15, -0.1) is 11.3 Å². The van der Waals surface area contributed by atoms with E-state index in [-0.39, 0.29) is 4.90 Å². The number of hydrogen-bond donors (Lipinski definition) is 1. The lowest BCUT2D eigenvalue weighted by Crippen LogP contribution is -2.15. The molecule has 0 aliphatic carbocycles. The Hall–Kier alpha value is -2.38. The highest BCUT2D eigenvalue weighted by Crippen LogP contribution is 2.33. The van der Waals surface area contributed by atoms with Crippen LogP contribution in [-0.2, 0) is 10.0 Å². The van der Waals surface area contributed by atoms with Crippen LogP contribution in [0.4, 0.5) is 5.69 Å². The van der Waals surface area contributed by atoms with E-state index in [2.05, 4.69) is 9.71 Å². The summed E-state index contributed by atoms with van der Waals surface area (Å²) in [6.07, 6.45) is 0. The summed E-state index contributed by atoms with van der Waals surface area (Å²) < 4.78 is 34.0. The summed E-state index contributed by atoms with van der Waals surface area (Å²) in [5.41, 5.74) is 3.83. The number of methoxy groups -OCH3 is 1. The van der Waals surface area contributed by atoms with E-state index in [0.29, 0.717) is 11.4 Å². The molecular formula is C19H20N2O3S2. The zero-order valence-corrected chi connectivity index (χ0v) is 16.7. The zero-order chi connectivity index (χ0) is 18.9. The van der Waals surface area contributed by atoms with Crippen molar-refractivity contribution in [3.63, 3.8) is 0 Å². The Morgan fingerprint density at radius 3 is 2.42 bits per heavy atom. The lowest BCUT2D eigenvalue weighted by molar-refractivity contribution is 0.402. The quantitative estimate of drug-likeness (QED) is 0.696. The molecule has 0 spiro atoms. The molecule has 0 radical (unpaired) electrons. The number of sulfonamides is 1. The highest BCUT2D eigenvalue weighted by molar-refractivity contribution is 7.92. The molecule has 2 aromatic carbocycles. The number of para-hydroxylation sites is 1. The van der Waals surface area contributed by atoms with Crippen LogP contribution in [0.1, 0.15) is 16.1 Å². The monoisotopic (exact) mass is 388 g/mol. The van der Waals surface area contributed by atoms with Crippen LogP contribution in [0.25, 0.3) is 11.3 Å². The summed E-state index contributed by atoms with van der Waals surface area (Å²) >= 11 is 1.52. The number of nitrogens with zero attached hydrogens (tertiary/aromatic N) is 1. The number of thiazole rings is 1. The molecule has 1 heterocycles. The van der Waals surface area contributed by atoms with Gasteiger partial charge in [0.2, 0.25) is 0 Å². The summed E-state index contributed by atoms with van der Waals surface area (Å²) in [6.45, 7) is 5.71. The van der Waals surface area contributed by atoms with Gasteiger partial charge in [0.15, 0.2) is 0 Å². The second kappa shape index (κ2) is 7.09. The minimum Gasteiger partial charge on any atom is -0.495 e. The Morgan fingerprint density at radius 1 is 1.08 bits per heavy atom. The molecule has 0 saturated heterocycles. The maximum atomic E-state index is 13.0. The second-order valence-corrected chi connectivity index (χ2v) is 8.70. The number of rotatable bonds is 5. The predicted octanol–water partition coefficient (Wildman–Crippen LogP) is 4.54. The minimum absolute atomic E-state index is 0.118. The lowest BCUT2D eigenvalue weighted by atomic mass is 10.1. The van der Waals surface area contributed by atoms with Crippen molar-refractivity contribution in [1.82, 2.24) is 4.98 Å². The maximum Gasteiger partial charge on any atom is 0.265 e. The average molecular weight is 389 g/mol. The van der Waals surface area contributed by atoms with Gasteiger partial charge in [-0.2, -0.15) is 0 Å². The highest BCUT2D eigenvalue weighted by Gasteiger charge is 2.22. The minimum atomic E-state index is -3.82. The van der Waals surface area contributed by atoms with Crippen LogP contribution in [0.2, 0.25) is 0 Å². The second-order valence-electron chi connectivity index (χ2n) is 5.99. The van der Waals surface area contributed by atoms with Crippen molar-refractivity contribution in [2.75, 3.05) is 11.8 Å². The molecule has 0 atom stereocenters. The van der Waals surface area contributed by atoms with Gasteiger partial charge in [-0.25, -0.2) is 13.4 Å². The first kappa shape index (κ1) is 18.4. The van der Waals surface area contributed by atoms with Gasteiger partial charge in [0.05, 0.1) is 23.5 Å². The first-order valence-corrected chi connectivity index (χ1v) is 10.4. The number of nitrogens with one attached hydrogen (secondary N) is 1. The van der Waals surface area contributed by atoms with E-state index >= 15 is 0 Å². The van der Waals surface area contributed by atoms with Gasteiger partial charge in [0, 0.05) is 10.9 Å². The number of anilines is 1. The van der Waals surface area contributed by atoms with E-state index in [1.807, 2.05) is 38.3 Å². The Kier molecular flexibility index (Phi) is 5.02. The van der Waals surface area contributed by atoms with E-state index in [4.69, 9.17) is 4.74 Å². The third-order valence-corrected chi connectivity index (χ3v) is 6.30. The highest BCUT2D eigenvalue weighted by atomic mass is 32.2. The van der Waals surface area contributed by atoms with Crippen LogP contribution in [-0.4, -0.2) is 20.5 Å². The van der Waals surface area contributed by atoms with Gasteiger partial charge >= 0.3 is 0 Å². The average Bonchev–Trinajstić information content (AvgIpc) is 3.03. The van der Waals surface area contributed by atoms with Gasteiger partial charge < -0.3 is 4.74 Å². The topological polar surface area (TPSA) is 68.3 Å². The summed E-state index contributed by atoms with van der Waals surface area (Å²) in [5.74, 6) is 0.322. The number of hydrogen-bond acceptors (Lipinski definition) is 5. The Bertz CT molecular complexity index is 1060. The van der Waals surface area contributed by atoms with Crippen molar-refractivity contribution < 1.29 is 13.2 Å². The van der Waals surface area contributed by atoms with Gasteiger partial charge in [0.25, 0.3) is 10.0 Å². The van der Waals surface area contributed by atoms with Crippen molar-refractivity contribution in [1.29, 1.82) is 0 Å². The molecule has 0 bridgehead atoms. The molecule has 136 valence electrons. The molecule has 0 unspecified atom stereocenters. The smallest absolute Gasteiger partial charge is 0.265 e. The van der Waals surface area contributed by atoms with E-state index in [1.165, 1.54) is 18.4 Å². The van der Waals surface area contributed by atoms with Crippen LogP contribution in [0, 0.1) is 20.8 Å². The standard InChI is InChI=1S/C19H20N2O3S2/c1-12-9-18(24-4)19(10-13(12)2)26(22,23)21-16-8-6-5-7-15(16)17-11-25-14(3)20-17/h5-11,21H,1-4H3. The molecule has 7 heteroatoms. The van der Waals surface area contributed by atoms with Crippen molar-refractivity contribution >= 4 is 27.0 Å².